The van der Waals surface area contributed by atoms with Gasteiger partial charge in [-0.1, -0.05) is 104 Å². The highest BCUT2D eigenvalue weighted by molar-refractivity contribution is 7.99. The van der Waals surface area contributed by atoms with E-state index in [1.54, 1.807) is 18.2 Å². The molecular formula is C44H41N3O6S. The van der Waals surface area contributed by atoms with Gasteiger partial charge in [0, 0.05) is 41.6 Å². The van der Waals surface area contributed by atoms with Crippen molar-refractivity contribution in [2.75, 3.05) is 11.1 Å². The lowest BCUT2D eigenvalue weighted by Crippen LogP contribution is -2.39. The Morgan fingerprint density at radius 1 is 0.778 bits per heavy atom. The fourth-order valence-corrected chi connectivity index (χ4v) is 7.36. The molecule has 2 heterocycles. The number of anilines is 1. The maximum atomic E-state index is 12.7. The fraction of sp³-hybridized carbons (Fsp3) is 0.182. The van der Waals surface area contributed by atoms with Crippen LogP contribution in [0.15, 0.2) is 157 Å². The highest BCUT2D eigenvalue weighted by atomic mass is 32.2. The van der Waals surface area contributed by atoms with E-state index in [-0.39, 0.29) is 30.8 Å². The zero-order valence-electron chi connectivity index (χ0n) is 29.7. The number of nitrogens with zero attached hydrogens (tertiary/aromatic N) is 1. The first kappa shape index (κ1) is 36.7. The van der Waals surface area contributed by atoms with Crippen LogP contribution >= 0.6 is 11.8 Å². The van der Waals surface area contributed by atoms with Gasteiger partial charge in [0.25, 0.3) is 5.03 Å². The monoisotopic (exact) mass is 739 g/mol. The summed E-state index contributed by atoms with van der Waals surface area (Å²) in [7, 11) is 0. The van der Waals surface area contributed by atoms with E-state index >= 15 is 0 Å². The number of aliphatic hydroxyl groups is 1. The number of urea groups is 1. The number of thioether (sulfide) groups is 1. The van der Waals surface area contributed by atoms with Crippen LogP contribution in [-0.2, 0) is 22.6 Å². The van der Waals surface area contributed by atoms with Gasteiger partial charge in [0.05, 0.1) is 18.8 Å². The van der Waals surface area contributed by atoms with Crippen LogP contribution in [0, 0.1) is 11.1 Å². The van der Waals surface area contributed by atoms with E-state index in [1.807, 2.05) is 121 Å². The molecule has 5 aromatic carbocycles. The maximum Gasteiger partial charge on any atom is 0.319 e. The number of hydrogen-bond donors (Lipinski definition) is 3. The number of amides is 2. The number of rotatable bonds is 12. The molecule has 0 spiro atoms. The number of carbonyl (C=O) groups excluding carboxylic acids is 1. The average Bonchev–Trinajstić information content (AvgIpc) is 3.21. The van der Waals surface area contributed by atoms with Gasteiger partial charge in [0.15, 0.2) is 12.5 Å². The van der Waals surface area contributed by atoms with Crippen LogP contribution in [0.1, 0.15) is 41.6 Å². The molecule has 10 heteroatoms. The van der Waals surface area contributed by atoms with E-state index in [9.17, 15) is 15.1 Å². The summed E-state index contributed by atoms with van der Waals surface area (Å²) >= 11 is 1.47. The second-order valence-corrected chi connectivity index (χ2v) is 14.1. The third kappa shape index (κ3) is 9.28. The molecule has 1 fully saturated rings. The summed E-state index contributed by atoms with van der Waals surface area (Å²) in [6.07, 6.45) is 0.414. The van der Waals surface area contributed by atoms with Crippen LogP contribution < -0.4 is 20.1 Å². The van der Waals surface area contributed by atoms with E-state index < -0.39 is 6.29 Å². The Balaban J connectivity index is 0.990. The van der Waals surface area contributed by atoms with Gasteiger partial charge in [-0.05, 0) is 76.3 Å². The van der Waals surface area contributed by atoms with Crippen molar-refractivity contribution >= 4 is 23.5 Å². The topological polar surface area (TPSA) is 116 Å². The first-order valence-corrected chi connectivity index (χ1v) is 18.8. The first-order chi connectivity index (χ1) is 26.4. The molecule has 54 heavy (non-hydrogen) atoms. The Kier molecular flexibility index (Phi) is 11.9. The van der Waals surface area contributed by atoms with Gasteiger partial charge in [-0.2, -0.15) is 4.73 Å². The zero-order valence-corrected chi connectivity index (χ0v) is 30.5. The number of nitrogens with one attached hydrogen (secondary N) is 2. The summed E-state index contributed by atoms with van der Waals surface area (Å²) in [5.41, 5.74) is 6.36. The molecule has 274 valence electrons. The number of hydrogen-bond acceptors (Lipinski definition) is 7. The van der Waals surface area contributed by atoms with Gasteiger partial charge in [0.2, 0.25) is 0 Å². The van der Waals surface area contributed by atoms with Crippen molar-refractivity contribution < 1.29 is 28.8 Å². The highest BCUT2D eigenvalue weighted by Crippen LogP contribution is 2.43. The van der Waals surface area contributed by atoms with Crippen molar-refractivity contribution in [2.24, 2.45) is 5.92 Å². The average molecular weight is 740 g/mol. The molecule has 4 atom stereocenters. The van der Waals surface area contributed by atoms with Crippen LogP contribution in [0.25, 0.3) is 11.1 Å². The van der Waals surface area contributed by atoms with E-state index in [0.29, 0.717) is 28.8 Å². The van der Waals surface area contributed by atoms with Gasteiger partial charge >= 0.3 is 6.03 Å². The molecule has 0 bridgehead atoms. The molecule has 1 aliphatic rings. The lowest BCUT2D eigenvalue weighted by Gasteiger charge is -2.41. The quantitative estimate of drug-likeness (QED) is 0.0651. The Morgan fingerprint density at radius 3 is 2.24 bits per heavy atom. The minimum absolute atomic E-state index is 0.00433. The third-order valence-corrected chi connectivity index (χ3v) is 10.4. The van der Waals surface area contributed by atoms with Gasteiger partial charge in [-0.15, -0.1) is 0 Å². The number of ether oxygens (including phenoxy) is 3. The predicted molar refractivity (Wildman–Crippen MR) is 210 cm³/mol. The summed E-state index contributed by atoms with van der Waals surface area (Å²) in [6, 6.07) is 45.8. The molecule has 3 N–H and O–H groups in total. The standard InChI is InChI=1S/C44H41N3O6S/c1-30-40(29-54-41-12-5-6-25-47(41)50)52-43(53-42(30)34-15-13-31(28-48)14-16-34)35-19-17-33(18-20-35)36-9-7-8-32(26-36)27-45-44(49)46-37-21-23-39(24-22-37)51-38-10-3-2-4-11-38/h2-26,30,40,42-43,48H,27-29H2,1H3,(H2,45,46,49)/t30-,40+,42+,43+/m1/s1. The van der Waals surface area contributed by atoms with Crippen molar-refractivity contribution in [2.45, 2.75) is 43.6 Å². The minimum Gasteiger partial charge on any atom is -0.618 e. The normalized spacial score (nSPS) is 18.1. The molecule has 0 aliphatic carbocycles. The summed E-state index contributed by atoms with van der Waals surface area (Å²) in [6.45, 7) is 2.43. The Bertz CT molecular complexity index is 2130. The number of pyridine rings is 1. The molecule has 9 nitrogen and oxygen atoms in total. The third-order valence-electron chi connectivity index (χ3n) is 9.29. The van der Waals surface area contributed by atoms with Crippen molar-refractivity contribution in [3.8, 4) is 22.6 Å². The number of aromatic nitrogens is 1. The molecule has 6 aromatic rings. The smallest absolute Gasteiger partial charge is 0.319 e. The van der Waals surface area contributed by atoms with Crippen molar-refractivity contribution in [1.29, 1.82) is 0 Å². The lowest BCUT2D eigenvalue weighted by molar-refractivity contribution is -0.645. The van der Waals surface area contributed by atoms with Crippen LogP contribution in [0.4, 0.5) is 10.5 Å². The lowest BCUT2D eigenvalue weighted by atomic mass is 9.91. The van der Waals surface area contributed by atoms with E-state index in [0.717, 1.165) is 43.9 Å². The van der Waals surface area contributed by atoms with Crippen molar-refractivity contribution in [3.63, 3.8) is 0 Å². The number of carbonyl (C=O) groups is 1. The molecule has 0 radical (unpaired) electrons. The highest BCUT2D eigenvalue weighted by Gasteiger charge is 2.38. The number of benzene rings is 5. The Labute approximate surface area is 319 Å². The maximum absolute atomic E-state index is 12.7. The second kappa shape index (κ2) is 17.5. The van der Waals surface area contributed by atoms with Gasteiger partial charge in [0.1, 0.15) is 11.5 Å². The molecule has 7 rings (SSSR count). The molecule has 1 aromatic heterocycles. The van der Waals surface area contributed by atoms with Gasteiger partial charge < -0.3 is 35.2 Å². The Hall–Kier alpha value is -5.65. The van der Waals surface area contributed by atoms with Crippen LogP contribution in [-0.4, -0.2) is 23.0 Å². The van der Waals surface area contributed by atoms with Crippen LogP contribution in [0.3, 0.4) is 0 Å². The fourth-order valence-electron chi connectivity index (χ4n) is 6.28. The first-order valence-electron chi connectivity index (χ1n) is 17.8. The number of para-hydroxylation sites is 1. The van der Waals surface area contributed by atoms with Crippen molar-refractivity contribution in [1.82, 2.24) is 5.32 Å². The summed E-state index contributed by atoms with van der Waals surface area (Å²) in [5.74, 6) is 2.00. The summed E-state index contributed by atoms with van der Waals surface area (Å²) < 4.78 is 19.9. The summed E-state index contributed by atoms with van der Waals surface area (Å²) in [4.78, 5) is 12.7. The minimum atomic E-state index is -0.625. The van der Waals surface area contributed by atoms with E-state index in [1.165, 1.54) is 18.0 Å². The predicted octanol–water partition coefficient (Wildman–Crippen LogP) is 9.18. The molecule has 1 aliphatic heterocycles. The molecule has 1 saturated heterocycles. The van der Waals surface area contributed by atoms with E-state index in [4.69, 9.17) is 14.2 Å². The summed E-state index contributed by atoms with van der Waals surface area (Å²) in [5, 5.41) is 28.4. The van der Waals surface area contributed by atoms with Gasteiger partial charge in [-0.25, -0.2) is 4.79 Å². The molecular weight excluding hydrogens is 699 g/mol. The Morgan fingerprint density at radius 2 is 1.50 bits per heavy atom. The SMILES string of the molecule is C[C@@H]1[C@H](CSc2cccc[n+]2[O-])O[C@H](c2ccc(-c3cccc(CNC(=O)Nc4ccc(Oc5ccccc5)cc4)c3)cc2)O[C@@H]1c1ccc(CO)cc1. The van der Waals surface area contributed by atoms with Crippen molar-refractivity contribution in [3.05, 3.63) is 179 Å². The second-order valence-electron chi connectivity index (χ2n) is 13.1. The molecule has 0 unspecified atom stereocenters. The zero-order chi connectivity index (χ0) is 37.3. The van der Waals surface area contributed by atoms with Gasteiger partial charge in [-0.3, -0.25) is 0 Å². The number of aliphatic hydroxyl groups excluding tert-OH is 1. The van der Waals surface area contributed by atoms with Crippen LogP contribution in [0.2, 0.25) is 0 Å². The van der Waals surface area contributed by atoms with E-state index in [2.05, 4.69) is 23.6 Å². The van der Waals surface area contributed by atoms with Crippen LogP contribution in [0.5, 0.6) is 11.5 Å². The largest absolute Gasteiger partial charge is 0.618 e. The molecule has 2 amide bonds. The molecule has 0 saturated carbocycles.